The van der Waals surface area contributed by atoms with E-state index in [4.69, 9.17) is 5.10 Å². The summed E-state index contributed by atoms with van der Waals surface area (Å²) >= 11 is 1.63. The average Bonchev–Trinajstić information content (AvgIpc) is 3.47. The van der Waals surface area contributed by atoms with Gasteiger partial charge < -0.3 is 4.90 Å². The molecule has 0 fully saturated rings. The van der Waals surface area contributed by atoms with E-state index in [1.807, 2.05) is 90.0 Å². The molecule has 0 unspecified atom stereocenters. The van der Waals surface area contributed by atoms with Gasteiger partial charge in [0.15, 0.2) is 0 Å². The number of nitrogens with zero attached hydrogens (tertiary/aromatic N) is 4. The molecule has 0 bridgehead atoms. The maximum absolute atomic E-state index is 12.6. The number of rotatable bonds is 7. The molecule has 3 heterocycles. The molecule has 0 radical (unpaired) electrons. The van der Waals surface area contributed by atoms with Gasteiger partial charge >= 0.3 is 0 Å². The Hall–Kier alpha value is -3.51. The number of carbonyl (C=O) groups is 1. The van der Waals surface area contributed by atoms with Crippen LogP contribution in [0.5, 0.6) is 0 Å². The first kappa shape index (κ1) is 19.8. The maximum Gasteiger partial charge on any atom is 0.246 e. The molecular formula is C24H22N4OS. The van der Waals surface area contributed by atoms with Crippen LogP contribution in [0.1, 0.15) is 11.3 Å². The van der Waals surface area contributed by atoms with Crippen molar-refractivity contribution in [2.45, 2.75) is 6.42 Å². The van der Waals surface area contributed by atoms with Gasteiger partial charge in [0, 0.05) is 49.7 Å². The molecule has 4 rings (SSSR count). The highest BCUT2D eigenvalue weighted by atomic mass is 32.1. The summed E-state index contributed by atoms with van der Waals surface area (Å²) in [5.41, 5.74) is 3.74. The number of amides is 1. The van der Waals surface area contributed by atoms with Crippen molar-refractivity contribution >= 4 is 23.3 Å². The predicted octanol–water partition coefficient (Wildman–Crippen LogP) is 4.71. The molecule has 0 spiro atoms. The Morgan fingerprint density at radius 3 is 2.67 bits per heavy atom. The van der Waals surface area contributed by atoms with E-state index in [1.165, 1.54) is 0 Å². The molecule has 1 amide bonds. The summed E-state index contributed by atoms with van der Waals surface area (Å²) in [7, 11) is 1.81. The topological polar surface area (TPSA) is 51.0 Å². The van der Waals surface area contributed by atoms with Crippen LogP contribution in [0.15, 0.2) is 84.5 Å². The molecule has 0 N–H and O–H groups in total. The molecule has 6 heteroatoms. The van der Waals surface area contributed by atoms with Gasteiger partial charge in [-0.1, -0.05) is 30.3 Å². The molecule has 0 saturated heterocycles. The van der Waals surface area contributed by atoms with Crippen LogP contribution < -0.4 is 0 Å². The van der Waals surface area contributed by atoms with Crippen LogP contribution in [0.3, 0.4) is 0 Å². The first-order chi connectivity index (χ1) is 14.7. The van der Waals surface area contributed by atoms with Crippen LogP contribution in [0.4, 0.5) is 0 Å². The first-order valence-corrected chi connectivity index (χ1v) is 10.6. The van der Waals surface area contributed by atoms with Crippen molar-refractivity contribution in [3.8, 4) is 16.3 Å². The predicted molar refractivity (Wildman–Crippen MR) is 121 cm³/mol. The Balaban J connectivity index is 1.52. The van der Waals surface area contributed by atoms with E-state index in [9.17, 15) is 4.79 Å². The monoisotopic (exact) mass is 414 g/mol. The lowest BCUT2D eigenvalue weighted by atomic mass is 10.2. The van der Waals surface area contributed by atoms with E-state index in [1.54, 1.807) is 28.5 Å². The Morgan fingerprint density at radius 1 is 1.10 bits per heavy atom. The quantitative estimate of drug-likeness (QED) is 0.412. The number of hydrogen-bond donors (Lipinski definition) is 0. The van der Waals surface area contributed by atoms with Crippen molar-refractivity contribution < 1.29 is 4.79 Å². The van der Waals surface area contributed by atoms with E-state index in [2.05, 4.69) is 4.98 Å². The summed E-state index contributed by atoms with van der Waals surface area (Å²) in [5, 5.41) is 6.79. The fourth-order valence-corrected chi connectivity index (χ4v) is 3.78. The summed E-state index contributed by atoms with van der Waals surface area (Å²) in [5.74, 6) is -0.0458. The van der Waals surface area contributed by atoms with Gasteiger partial charge in [-0.3, -0.25) is 9.78 Å². The second kappa shape index (κ2) is 9.33. The minimum absolute atomic E-state index is 0.0458. The molecule has 1 aromatic carbocycles. The highest BCUT2D eigenvalue weighted by Gasteiger charge is 2.12. The fraction of sp³-hybridized carbons (Fsp3) is 0.125. The van der Waals surface area contributed by atoms with Crippen LogP contribution in [0, 0.1) is 0 Å². The number of benzene rings is 1. The van der Waals surface area contributed by atoms with Crippen molar-refractivity contribution in [3.05, 3.63) is 95.8 Å². The van der Waals surface area contributed by atoms with Crippen LogP contribution in [0.25, 0.3) is 22.3 Å². The normalized spacial score (nSPS) is 11.1. The first-order valence-electron chi connectivity index (χ1n) is 9.73. The summed E-state index contributed by atoms with van der Waals surface area (Å²) in [6.07, 6.45) is 7.92. The molecule has 5 nitrogen and oxygen atoms in total. The second-order valence-electron chi connectivity index (χ2n) is 6.85. The minimum atomic E-state index is -0.0458. The zero-order valence-electron chi connectivity index (χ0n) is 16.7. The van der Waals surface area contributed by atoms with Gasteiger partial charge in [0.25, 0.3) is 0 Å². The summed E-state index contributed by atoms with van der Waals surface area (Å²) in [6.45, 7) is 0.612. The third kappa shape index (κ3) is 4.72. The zero-order valence-corrected chi connectivity index (χ0v) is 17.5. The van der Waals surface area contributed by atoms with Crippen LogP contribution in [-0.4, -0.2) is 39.2 Å². The van der Waals surface area contributed by atoms with E-state index < -0.39 is 0 Å². The van der Waals surface area contributed by atoms with Crippen LogP contribution >= 0.6 is 11.3 Å². The number of carbonyl (C=O) groups excluding carboxylic acids is 1. The number of thiophene rings is 1. The van der Waals surface area contributed by atoms with Crippen molar-refractivity contribution in [1.82, 2.24) is 19.7 Å². The third-order valence-electron chi connectivity index (χ3n) is 4.73. The smallest absolute Gasteiger partial charge is 0.246 e. The number of likely N-dealkylation sites (N-methyl/N-ethyl adjacent to an activating group) is 1. The van der Waals surface area contributed by atoms with E-state index in [0.29, 0.717) is 6.54 Å². The van der Waals surface area contributed by atoms with Crippen molar-refractivity contribution in [1.29, 1.82) is 0 Å². The van der Waals surface area contributed by atoms with Gasteiger partial charge in [0.2, 0.25) is 5.91 Å². The van der Waals surface area contributed by atoms with Crippen molar-refractivity contribution in [2.75, 3.05) is 13.6 Å². The van der Waals surface area contributed by atoms with Gasteiger partial charge in [-0.15, -0.1) is 11.3 Å². The average molecular weight is 415 g/mol. The molecule has 150 valence electrons. The molecule has 4 aromatic rings. The Morgan fingerprint density at radius 2 is 1.93 bits per heavy atom. The molecule has 0 atom stereocenters. The highest BCUT2D eigenvalue weighted by Crippen LogP contribution is 2.28. The molecular weight excluding hydrogens is 392 g/mol. The van der Waals surface area contributed by atoms with Crippen molar-refractivity contribution in [3.63, 3.8) is 0 Å². The standard InChI is InChI=1S/C24H22N4OS/c1-27(16-14-20-8-5-6-15-25-20)23(29)13-12-19-18-28(21-9-3-2-4-10-21)26-24(19)22-11-7-17-30-22/h2-13,15,17-18H,14,16H2,1H3/b13-12+. The molecule has 0 aliphatic rings. The fourth-order valence-electron chi connectivity index (χ4n) is 3.05. The van der Waals surface area contributed by atoms with E-state index in [0.717, 1.165) is 33.9 Å². The lowest BCUT2D eigenvalue weighted by Gasteiger charge is -2.14. The Labute approximate surface area is 179 Å². The molecule has 0 aliphatic carbocycles. The van der Waals surface area contributed by atoms with Gasteiger partial charge in [-0.25, -0.2) is 4.68 Å². The number of para-hydroxylation sites is 1. The largest absolute Gasteiger partial charge is 0.342 e. The van der Waals surface area contributed by atoms with Gasteiger partial charge in [-0.05, 0) is 41.8 Å². The van der Waals surface area contributed by atoms with Gasteiger partial charge in [0.05, 0.1) is 10.6 Å². The van der Waals surface area contributed by atoms with Gasteiger partial charge in [-0.2, -0.15) is 5.10 Å². The summed E-state index contributed by atoms with van der Waals surface area (Å²) in [4.78, 5) is 19.7. The minimum Gasteiger partial charge on any atom is -0.342 e. The Kier molecular flexibility index (Phi) is 6.15. The second-order valence-corrected chi connectivity index (χ2v) is 7.80. The van der Waals surface area contributed by atoms with Crippen LogP contribution in [-0.2, 0) is 11.2 Å². The third-order valence-corrected chi connectivity index (χ3v) is 5.61. The molecule has 3 aromatic heterocycles. The summed E-state index contributed by atoms with van der Waals surface area (Å²) in [6, 6.07) is 19.8. The molecule has 0 aliphatic heterocycles. The number of hydrogen-bond acceptors (Lipinski definition) is 4. The lowest BCUT2D eigenvalue weighted by molar-refractivity contribution is -0.124. The van der Waals surface area contributed by atoms with E-state index in [-0.39, 0.29) is 5.91 Å². The number of pyridine rings is 1. The molecule has 30 heavy (non-hydrogen) atoms. The number of aromatic nitrogens is 3. The maximum atomic E-state index is 12.6. The lowest BCUT2D eigenvalue weighted by Crippen LogP contribution is -2.27. The Bertz CT molecular complexity index is 1120. The highest BCUT2D eigenvalue weighted by molar-refractivity contribution is 7.13. The SMILES string of the molecule is CN(CCc1ccccn1)C(=O)/C=C/c1cn(-c2ccccc2)nc1-c1cccs1. The zero-order chi connectivity index (χ0) is 20.8. The van der Waals surface area contributed by atoms with Gasteiger partial charge in [0.1, 0.15) is 5.69 Å². The van der Waals surface area contributed by atoms with Crippen LogP contribution in [0.2, 0.25) is 0 Å². The molecule has 0 saturated carbocycles. The van der Waals surface area contributed by atoms with Crippen molar-refractivity contribution in [2.24, 2.45) is 0 Å². The van der Waals surface area contributed by atoms with E-state index >= 15 is 0 Å². The summed E-state index contributed by atoms with van der Waals surface area (Å²) < 4.78 is 1.85.